The van der Waals surface area contributed by atoms with Gasteiger partial charge in [0, 0.05) is 55.3 Å². The number of nitrogens with zero attached hydrogens (tertiary/aromatic N) is 5. The summed E-state index contributed by atoms with van der Waals surface area (Å²) in [6.07, 6.45) is 0.608. The average molecular weight is 488 g/mol. The van der Waals surface area contributed by atoms with Crippen molar-refractivity contribution in [2.45, 2.75) is 19.4 Å². The first kappa shape index (κ1) is 22.9. The number of benzene rings is 2. The van der Waals surface area contributed by atoms with E-state index in [-0.39, 0.29) is 28.2 Å². The molecule has 33 heavy (non-hydrogen) atoms. The molecule has 3 aromatic rings. The third-order valence-electron chi connectivity index (χ3n) is 5.50. The molecule has 0 aliphatic carbocycles. The first-order valence-corrected chi connectivity index (χ1v) is 11.5. The maximum absolute atomic E-state index is 13.0. The summed E-state index contributed by atoms with van der Waals surface area (Å²) in [5.74, 6) is 1.28. The molecular formula is C22H22ClN5O4S. The number of nitro groups is 1. The number of nitro benzene ring substituents is 1. The summed E-state index contributed by atoms with van der Waals surface area (Å²) in [6.45, 7) is 3.61. The molecule has 9 nitrogen and oxygen atoms in total. The number of halogens is 1. The van der Waals surface area contributed by atoms with Gasteiger partial charge in [-0.05, 0) is 36.8 Å². The zero-order valence-electron chi connectivity index (χ0n) is 18.1. The summed E-state index contributed by atoms with van der Waals surface area (Å²) in [5.41, 5.74) is 1.05. The summed E-state index contributed by atoms with van der Waals surface area (Å²) in [4.78, 5) is 32.1. The lowest BCUT2D eigenvalue weighted by Gasteiger charge is -2.39. The minimum absolute atomic E-state index is 0.00967. The van der Waals surface area contributed by atoms with Gasteiger partial charge in [0.25, 0.3) is 11.6 Å². The van der Waals surface area contributed by atoms with Crippen LogP contribution in [0, 0.1) is 10.1 Å². The van der Waals surface area contributed by atoms with Crippen LogP contribution in [0.3, 0.4) is 0 Å². The molecular weight excluding hydrogens is 466 g/mol. The molecule has 1 aromatic heterocycles. The number of rotatable bonds is 6. The normalized spacial score (nSPS) is 16.0. The van der Waals surface area contributed by atoms with Gasteiger partial charge in [0.2, 0.25) is 5.13 Å². The second-order valence-electron chi connectivity index (χ2n) is 7.74. The molecule has 1 atom stereocenters. The van der Waals surface area contributed by atoms with E-state index in [0.717, 1.165) is 22.3 Å². The van der Waals surface area contributed by atoms with Gasteiger partial charge in [-0.1, -0.05) is 23.7 Å². The van der Waals surface area contributed by atoms with Crippen molar-refractivity contribution in [1.29, 1.82) is 0 Å². The molecule has 0 spiro atoms. The van der Waals surface area contributed by atoms with Crippen LogP contribution in [-0.2, 0) is 6.42 Å². The van der Waals surface area contributed by atoms with E-state index in [1.165, 1.54) is 29.7 Å². The Morgan fingerprint density at radius 1 is 1.30 bits per heavy atom. The van der Waals surface area contributed by atoms with Gasteiger partial charge in [0.05, 0.1) is 12.0 Å². The Morgan fingerprint density at radius 2 is 2.12 bits per heavy atom. The molecule has 0 saturated carbocycles. The number of amides is 1. The Labute approximate surface area is 199 Å². The highest BCUT2D eigenvalue weighted by atomic mass is 35.5. The number of carbonyl (C=O) groups is 1. The van der Waals surface area contributed by atoms with Crippen LogP contribution in [0.4, 0.5) is 10.8 Å². The van der Waals surface area contributed by atoms with Crippen LogP contribution in [0.15, 0.2) is 42.5 Å². The molecule has 1 unspecified atom stereocenters. The van der Waals surface area contributed by atoms with E-state index < -0.39 is 4.92 Å². The highest BCUT2D eigenvalue weighted by Crippen LogP contribution is 2.28. The zero-order valence-corrected chi connectivity index (χ0v) is 19.7. The van der Waals surface area contributed by atoms with Gasteiger partial charge >= 0.3 is 0 Å². The molecule has 0 bridgehead atoms. The Bertz CT molecular complexity index is 1190. The second kappa shape index (κ2) is 9.72. The second-order valence-corrected chi connectivity index (χ2v) is 8.88. The van der Waals surface area contributed by atoms with Crippen molar-refractivity contribution in [3.05, 3.63) is 74.6 Å². The lowest BCUT2D eigenvalue weighted by Crippen LogP contribution is -2.54. The third kappa shape index (κ3) is 5.07. The van der Waals surface area contributed by atoms with E-state index in [1.807, 2.05) is 31.2 Å². The molecule has 0 radical (unpaired) electrons. The monoisotopic (exact) mass is 487 g/mol. The number of ether oxygens (including phenoxy) is 1. The molecule has 2 heterocycles. The predicted molar refractivity (Wildman–Crippen MR) is 127 cm³/mol. The van der Waals surface area contributed by atoms with Crippen LogP contribution in [0.1, 0.15) is 28.7 Å². The van der Waals surface area contributed by atoms with Crippen molar-refractivity contribution in [2.75, 3.05) is 31.6 Å². The number of aromatic nitrogens is 2. The van der Waals surface area contributed by atoms with Gasteiger partial charge < -0.3 is 14.5 Å². The van der Waals surface area contributed by atoms with Crippen molar-refractivity contribution in [1.82, 2.24) is 14.3 Å². The molecule has 1 aliphatic heterocycles. The number of hydrogen-bond donors (Lipinski definition) is 0. The fourth-order valence-electron chi connectivity index (χ4n) is 3.79. The number of piperazine rings is 1. The SMILES string of the molecule is COc1cccc(Cc2nsc(N3CCN(C(=O)c4ccc(Cl)c([N+](=O)[O-])c4)C(C)C3)n2)c1. The number of anilines is 1. The van der Waals surface area contributed by atoms with E-state index in [9.17, 15) is 14.9 Å². The van der Waals surface area contributed by atoms with E-state index in [1.54, 1.807) is 12.0 Å². The van der Waals surface area contributed by atoms with Crippen molar-refractivity contribution in [3.63, 3.8) is 0 Å². The zero-order chi connectivity index (χ0) is 23.5. The molecule has 0 N–H and O–H groups in total. The van der Waals surface area contributed by atoms with Gasteiger partial charge in [-0.3, -0.25) is 14.9 Å². The average Bonchev–Trinajstić information content (AvgIpc) is 3.27. The standard InChI is InChI=1S/C22H22ClN5O4S/c1-14-13-26(22-24-20(25-33-22)11-15-4-3-5-17(10-15)32-2)8-9-27(14)21(29)16-6-7-18(23)19(12-16)28(30)31/h3-7,10,12,14H,8-9,11,13H2,1-2H3. The minimum Gasteiger partial charge on any atom is -0.497 e. The molecule has 11 heteroatoms. The Hall–Kier alpha value is -3.24. The molecule has 1 aliphatic rings. The van der Waals surface area contributed by atoms with Crippen LogP contribution in [-0.4, -0.2) is 57.9 Å². The minimum atomic E-state index is -0.584. The number of hydrogen-bond acceptors (Lipinski definition) is 8. The van der Waals surface area contributed by atoms with Crippen LogP contribution in [0.2, 0.25) is 5.02 Å². The topological polar surface area (TPSA) is 102 Å². The summed E-state index contributed by atoms with van der Waals surface area (Å²) in [7, 11) is 1.64. The quantitative estimate of drug-likeness (QED) is 0.381. The van der Waals surface area contributed by atoms with E-state index >= 15 is 0 Å². The van der Waals surface area contributed by atoms with Gasteiger partial charge in [0.1, 0.15) is 16.6 Å². The molecule has 4 rings (SSSR count). The summed E-state index contributed by atoms with van der Waals surface area (Å²) < 4.78 is 9.77. The van der Waals surface area contributed by atoms with E-state index in [4.69, 9.17) is 16.3 Å². The van der Waals surface area contributed by atoms with Crippen molar-refractivity contribution in [2.24, 2.45) is 0 Å². The molecule has 172 valence electrons. The molecule has 2 aromatic carbocycles. The van der Waals surface area contributed by atoms with Gasteiger partial charge in [-0.25, -0.2) is 4.98 Å². The largest absolute Gasteiger partial charge is 0.497 e. The number of carbonyl (C=O) groups excluding carboxylic acids is 1. The molecule has 1 amide bonds. The third-order valence-corrected chi connectivity index (χ3v) is 6.64. The fourth-order valence-corrected chi connectivity index (χ4v) is 4.70. The van der Waals surface area contributed by atoms with Crippen LogP contribution in [0.5, 0.6) is 5.75 Å². The first-order valence-electron chi connectivity index (χ1n) is 10.3. The van der Waals surface area contributed by atoms with Gasteiger partial charge in [-0.15, -0.1) is 0 Å². The van der Waals surface area contributed by atoms with Crippen LogP contribution in [0.25, 0.3) is 0 Å². The van der Waals surface area contributed by atoms with E-state index in [2.05, 4.69) is 14.3 Å². The van der Waals surface area contributed by atoms with Gasteiger partial charge in [-0.2, -0.15) is 4.37 Å². The predicted octanol–water partition coefficient (Wildman–Crippen LogP) is 4.05. The van der Waals surface area contributed by atoms with Crippen LogP contribution < -0.4 is 9.64 Å². The lowest BCUT2D eigenvalue weighted by molar-refractivity contribution is -0.384. The van der Waals surface area contributed by atoms with E-state index in [0.29, 0.717) is 26.1 Å². The fraction of sp³-hybridized carbons (Fsp3) is 0.318. The van der Waals surface area contributed by atoms with Gasteiger partial charge in [0.15, 0.2) is 0 Å². The summed E-state index contributed by atoms with van der Waals surface area (Å²) in [6, 6.07) is 11.9. The first-order chi connectivity index (χ1) is 15.9. The van der Waals surface area contributed by atoms with Crippen molar-refractivity contribution >= 4 is 39.9 Å². The number of methoxy groups -OCH3 is 1. The summed E-state index contributed by atoms with van der Waals surface area (Å²) in [5, 5.41) is 12.0. The van der Waals surface area contributed by atoms with Crippen LogP contribution >= 0.6 is 23.1 Å². The molecule has 1 saturated heterocycles. The Morgan fingerprint density at radius 3 is 2.85 bits per heavy atom. The Balaban J connectivity index is 1.42. The lowest BCUT2D eigenvalue weighted by atomic mass is 10.1. The van der Waals surface area contributed by atoms with Crippen molar-refractivity contribution < 1.29 is 14.5 Å². The maximum atomic E-state index is 13.0. The molecule has 1 fully saturated rings. The Kier molecular flexibility index (Phi) is 6.75. The highest BCUT2D eigenvalue weighted by Gasteiger charge is 2.30. The summed E-state index contributed by atoms with van der Waals surface area (Å²) >= 11 is 7.21. The van der Waals surface area contributed by atoms with Crippen molar-refractivity contribution in [3.8, 4) is 5.75 Å². The maximum Gasteiger partial charge on any atom is 0.288 e. The smallest absolute Gasteiger partial charge is 0.288 e. The highest BCUT2D eigenvalue weighted by molar-refractivity contribution is 7.09.